The number of carboxylic acid groups (broad SMARTS) is 1. The zero-order chi connectivity index (χ0) is 14.2. The molecule has 1 N–H and O–H groups in total. The van der Waals surface area contributed by atoms with Gasteiger partial charge >= 0.3 is 114 Å². The minimum atomic E-state index is -4.45. The molecule has 3 nitrogen and oxygen atoms in total. The van der Waals surface area contributed by atoms with Crippen molar-refractivity contribution in [2.75, 3.05) is 0 Å². The van der Waals surface area contributed by atoms with E-state index in [0.29, 0.717) is 4.35 Å². The number of alkyl halides is 3. The van der Waals surface area contributed by atoms with Crippen molar-refractivity contribution in [1.29, 1.82) is 0 Å². The molecule has 100 valence electrons. The van der Waals surface area contributed by atoms with E-state index in [0.717, 1.165) is 33.6 Å². The Kier molecular flexibility index (Phi) is 3.45. The Labute approximate surface area is 115 Å². The molecule has 0 fully saturated rings. The van der Waals surface area contributed by atoms with Gasteiger partial charge in [-0.15, -0.1) is 0 Å². The molecule has 1 aromatic heterocycles. The summed E-state index contributed by atoms with van der Waals surface area (Å²) in [5.41, 5.74) is -0.318. The summed E-state index contributed by atoms with van der Waals surface area (Å²) >= 11 is 1.05. The molecule has 0 aliphatic heterocycles. The first kappa shape index (κ1) is 13.7. The van der Waals surface area contributed by atoms with Crippen LogP contribution in [0.15, 0.2) is 36.5 Å². The Morgan fingerprint density at radius 1 is 1.26 bits per heavy atom. The van der Waals surface area contributed by atoms with Crippen LogP contribution in [0.1, 0.15) is 5.56 Å². The van der Waals surface area contributed by atoms with Gasteiger partial charge in [-0.05, 0) is 0 Å². The molecular formula is C12H9AsF3NO2. The van der Waals surface area contributed by atoms with Crippen LogP contribution in [-0.4, -0.2) is 32.6 Å². The molecule has 0 radical (unpaired) electrons. The fourth-order valence-electron chi connectivity index (χ4n) is 1.75. The van der Waals surface area contributed by atoms with Crippen LogP contribution in [0, 0.1) is 0 Å². The van der Waals surface area contributed by atoms with Gasteiger partial charge in [0.2, 0.25) is 0 Å². The van der Waals surface area contributed by atoms with E-state index in [1.165, 1.54) is 18.3 Å². The van der Waals surface area contributed by atoms with Crippen molar-refractivity contribution >= 4 is 27.3 Å². The second kappa shape index (κ2) is 4.77. The first-order valence-electron chi connectivity index (χ1n) is 5.18. The van der Waals surface area contributed by atoms with Crippen molar-refractivity contribution in [3.63, 3.8) is 0 Å². The van der Waals surface area contributed by atoms with Crippen LogP contribution in [-0.2, 0) is 6.18 Å². The van der Waals surface area contributed by atoms with Gasteiger partial charge in [-0.3, -0.25) is 0 Å². The van der Waals surface area contributed by atoms with Gasteiger partial charge in [-0.1, -0.05) is 0 Å². The second-order valence-electron chi connectivity index (χ2n) is 3.89. The fourth-order valence-corrected chi connectivity index (χ4v) is 2.50. The number of carbonyl (C=O) groups is 1. The summed E-state index contributed by atoms with van der Waals surface area (Å²) in [4.78, 5) is 11.0. The summed E-state index contributed by atoms with van der Waals surface area (Å²) in [6, 6.07) is 6.50. The van der Waals surface area contributed by atoms with E-state index in [1.807, 2.05) is 0 Å². The molecule has 0 aliphatic carbocycles. The van der Waals surface area contributed by atoms with Crippen LogP contribution in [0.25, 0.3) is 11.3 Å². The predicted octanol–water partition coefficient (Wildman–Crippen LogP) is 1.96. The molecule has 19 heavy (non-hydrogen) atoms. The standard InChI is InChI=1S/C12H9AsF3NO2/c13-9-5-7(4-8(6-9)12(14,15)16)10-2-1-3-17(10)11(18)19/h1-6H,13H2,(H,18,19). The number of nitrogens with zero attached hydrogens (tertiary/aromatic N) is 1. The molecular weight excluding hydrogens is 322 g/mol. The molecule has 1 aromatic carbocycles. The molecule has 0 bridgehead atoms. The number of aromatic nitrogens is 1. The van der Waals surface area contributed by atoms with Gasteiger partial charge in [0.1, 0.15) is 0 Å². The quantitative estimate of drug-likeness (QED) is 0.812. The Bertz CT molecular complexity index is 634. The van der Waals surface area contributed by atoms with E-state index in [4.69, 9.17) is 5.11 Å². The van der Waals surface area contributed by atoms with Crippen LogP contribution in [0.3, 0.4) is 0 Å². The molecule has 2 aromatic rings. The van der Waals surface area contributed by atoms with Gasteiger partial charge in [0.05, 0.1) is 0 Å². The minimum absolute atomic E-state index is 0.220. The second-order valence-corrected chi connectivity index (χ2v) is 5.29. The monoisotopic (exact) mass is 331 g/mol. The van der Waals surface area contributed by atoms with Crippen molar-refractivity contribution in [3.8, 4) is 11.3 Å². The molecule has 0 saturated carbocycles. The molecule has 1 atom stereocenters. The zero-order valence-corrected chi connectivity index (χ0v) is 11.9. The van der Waals surface area contributed by atoms with E-state index in [1.54, 1.807) is 6.07 Å². The van der Waals surface area contributed by atoms with E-state index in [9.17, 15) is 18.0 Å². The van der Waals surface area contributed by atoms with Crippen molar-refractivity contribution in [2.24, 2.45) is 0 Å². The van der Waals surface area contributed by atoms with Crippen molar-refractivity contribution in [1.82, 2.24) is 4.57 Å². The van der Waals surface area contributed by atoms with E-state index in [2.05, 4.69) is 0 Å². The summed E-state index contributed by atoms with van der Waals surface area (Å²) < 4.78 is 39.6. The van der Waals surface area contributed by atoms with Crippen molar-refractivity contribution in [3.05, 3.63) is 42.1 Å². The molecule has 0 amide bonds. The van der Waals surface area contributed by atoms with E-state index in [-0.39, 0.29) is 11.3 Å². The van der Waals surface area contributed by atoms with Gasteiger partial charge in [0.15, 0.2) is 0 Å². The molecule has 0 spiro atoms. The molecule has 2 rings (SSSR count). The average molecular weight is 331 g/mol. The zero-order valence-electron chi connectivity index (χ0n) is 9.48. The summed E-state index contributed by atoms with van der Waals surface area (Å²) in [5.74, 6) is 0. The Morgan fingerprint density at radius 2 is 1.95 bits per heavy atom. The van der Waals surface area contributed by atoms with Crippen LogP contribution in [0.4, 0.5) is 18.0 Å². The summed E-state index contributed by atoms with van der Waals surface area (Å²) in [7, 11) is 0. The maximum atomic E-state index is 12.7. The first-order valence-corrected chi connectivity index (χ1v) is 6.39. The van der Waals surface area contributed by atoms with Gasteiger partial charge in [0, 0.05) is 0 Å². The number of hydrogen-bond acceptors (Lipinski definition) is 1. The molecule has 7 heteroatoms. The van der Waals surface area contributed by atoms with Crippen LogP contribution >= 0.6 is 0 Å². The third-order valence-corrected chi connectivity index (χ3v) is 3.23. The maximum absolute atomic E-state index is 12.7. The first-order chi connectivity index (χ1) is 8.79. The summed E-state index contributed by atoms with van der Waals surface area (Å²) in [5, 5.41) is 8.96. The van der Waals surface area contributed by atoms with Crippen molar-refractivity contribution < 1.29 is 23.1 Å². The predicted molar refractivity (Wildman–Crippen MR) is 66.5 cm³/mol. The number of benzene rings is 1. The third kappa shape index (κ3) is 2.84. The Hall–Kier alpha value is -1.68. The summed E-state index contributed by atoms with van der Waals surface area (Å²) in [6.07, 6.45) is -4.39. The number of halogens is 3. The van der Waals surface area contributed by atoms with E-state index < -0.39 is 17.8 Å². The summed E-state index contributed by atoms with van der Waals surface area (Å²) in [6.45, 7) is 0. The van der Waals surface area contributed by atoms with Crippen LogP contribution in [0.2, 0.25) is 0 Å². The molecule has 1 unspecified atom stereocenters. The fraction of sp³-hybridized carbons (Fsp3) is 0.0833. The van der Waals surface area contributed by atoms with Gasteiger partial charge in [-0.25, -0.2) is 0 Å². The Balaban J connectivity index is 2.60. The van der Waals surface area contributed by atoms with Crippen LogP contribution in [0.5, 0.6) is 0 Å². The van der Waals surface area contributed by atoms with Gasteiger partial charge in [0.25, 0.3) is 0 Å². The normalized spacial score (nSPS) is 11.6. The van der Waals surface area contributed by atoms with Crippen molar-refractivity contribution in [2.45, 2.75) is 6.18 Å². The van der Waals surface area contributed by atoms with E-state index >= 15 is 0 Å². The Morgan fingerprint density at radius 3 is 2.53 bits per heavy atom. The average Bonchev–Trinajstić information content (AvgIpc) is 2.75. The SMILES string of the molecule is O=C(O)n1cccc1-c1cc([AsH2])cc(C(F)(F)F)c1. The molecule has 1 heterocycles. The molecule has 0 aliphatic rings. The number of rotatable bonds is 1. The topological polar surface area (TPSA) is 42.2 Å². The van der Waals surface area contributed by atoms with Gasteiger partial charge < -0.3 is 0 Å². The van der Waals surface area contributed by atoms with Gasteiger partial charge in [-0.2, -0.15) is 0 Å². The van der Waals surface area contributed by atoms with Crippen LogP contribution < -0.4 is 4.35 Å². The molecule has 0 saturated heterocycles. The number of hydrogen-bond donors (Lipinski definition) is 1. The third-order valence-electron chi connectivity index (χ3n) is 2.53.